The van der Waals surface area contributed by atoms with E-state index in [0.29, 0.717) is 17.1 Å². The van der Waals surface area contributed by atoms with E-state index in [1.807, 2.05) is 29.6 Å². The second kappa shape index (κ2) is 6.08. The quantitative estimate of drug-likeness (QED) is 0.595. The molecule has 3 nitrogen and oxygen atoms in total. The highest BCUT2D eigenvalue weighted by Crippen LogP contribution is 2.35. The molecule has 0 aliphatic carbocycles. The standard InChI is InChI=1S/C14H10Br2N2OS2/c15-7-1-2-10-8(5-7)12(17)13(21-10)14(19)18-6-11-9(16)3-4-20-11/h1-5H,6,17H2,(H,18,19). The van der Waals surface area contributed by atoms with E-state index in [2.05, 4.69) is 37.2 Å². The minimum absolute atomic E-state index is 0.134. The van der Waals surface area contributed by atoms with Gasteiger partial charge in [-0.3, -0.25) is 4.79 Å². The number of carbonyl (C=O) groups excluding carboxylic acids is 1. The third-order valence-electron chi connectivity index (χ3n) is 3.00. The zero-order chi connectivity index (χ0) is 15.0. The SMILES string of the molecule is Nc1c(C(=O)NCc2sccc2Br)sc2ccc(Br)cc12. The van der Waals surface area contributed by atoms with Gasteiger partial charge in [0.15, 0.2) is 0 Å². The van der Waals surface area contributed by atoms with Gasteiger partial charge in [0.05, 0.1) is 12.2 Å². The Morgan fingerprint density at radius 1 is 1.29 bits per heavy atom. The number of nitrogens with one attached hydrogen (secondary N) is 1. The lowest BCUT2D eigenvalue weighted by Crippen LogP contribution is -2.22. The lowest BCUT2D eigenvalue weighted by Gasteiger charge is -2.03. The molecule has 2 aromatic heterocycles. The zero-order valence-corrected chi connectivity index (χ0v) is 15.5. The second-order valence-corrected chi connectivity index (χ2v) is 8.18. The molecular weight excluding hydrogens is 436 g/mol. The first-order chi connectivity index (χ1) is 10.1. The summed E-state index contributed by atoms with van der Waals surface area (Å²) in [7, 11) is 0. The van der Waals surface area contributed by atoms with Gasteiger partial charge >= 0.3 is 0 Å². The normalized spacial score (nSPS) is 11.0. The topological polar surface area (TPSA) is 55.1 Å². The smallest absolute Gasteiger partial charge is 0.263 e. The van der Waals surface area contributed by atoms with E-state index < -0.39 is 0 Å². The summed E-state index contributed by atoms with van der Waals surface area (Å²) in [6.45, 7) is 0.495. The number of anilines is 1. The fourth-order valence-corrected chi connectivity index (χ4v) is 4.76. The number of halogens is 2. The molecule has 0 saturated carbocycles. The van der Waals surface area contributed by atoms with Crippen molar-refractivity contribution in [2.24, 2.45) is 0 Å². The number of hydrogen-bond acceptors (Lipinski definition) is 4. The molecule has 0 aliphatic rings. The number of carbonyl (C=O) groups is 1. The number of nitrogen functional groups attached to an aromatic ring is 1. The molecule has 21 heavy (non-hydrogen) atoms. The second-order valence-electron chi connectivity index (χ2n) is 4.36. The molecule has 3 rings (SSSR count). The minimum atomic E-state index is -0.134. The van der Waals surface area contributed by atoms with Crippen LogP contribution in [0.15, 0.2) is 38.6 Å². The molecule has 0 saturated heterocycles. The van der Waals surface area contributed by atoms with E-state index in [9.17, 15) is 4.79 Å². The van der Waals surface area contributed by atoms with Crippen molar-refractivity contribution < 1.29 is 4.79 Å². The highest BCUT2D eigenvalue weighted by molar-refractivity contribution is 9.10. The molecule has 2 heterocycles. The van der Waals surface area contributed by atoms with Crippen LogP contribution in [0.3, 0.4) is 0 Å². The number of rotatable bonds is 3. The van der Waals surface area contributed by atoms with Gasteiger partial charge in [0.2, 0.25) is 0 Å². The molecule has 1 aromatic carbocycles. The van der Waals surface area contributed by atoms with Crippen molar-refractivity contribution in [3.05, 3.63) is 48.3 Å². The largest absolute Gasteiger partial charge is 0.397 e. The fraction of sp³-hybridized carbons (Fsp3) is 0.0714. The van der Waals surface area contributed by atoms with E-state index in [0.717, 1.165) is 23.9 Å². The predicted octanol–water partition coefficient (Wildman–Crippen LogP) is 5.00. The molecule has 0 bridgehead atoms. The van der Waals surface area contributed by atoms with Crippen LogP contribution in [0.1, 0.15) is 14.5 Å². The maximum atomic E-state index is 12.3. The van der Waals surface area contributed by atoms with E-state index in [4.69, 9.17) is 5.73 Å². The van der Waals surface area contributed by atoms with Gasteiger partial charge in [-0.15, -0.1) is 22.7 Å². The van der Waals surface area contributed by atoms with Crippen LogP contribution in [0.25, 0.3) is 10.1 Å². The first-order valence-corrected chi connectivity index (χ1v) is 9.32. The van der Waals surface area contributed by atoms with E-state index in [1.165, 1.54) is 11.3 Å². The van der Waals surface area contributed by atoms with Crippen molar-refractivity contribution in [2.75, 3.05) is 5.73 Å². The van der Waals surface area contributed by atoms with E-state index >= 15 is 0 Å². The molecule has 0 fully saturated rings. The number of thiophene rings is 2. The highest BCUT2D eigenvalue weighted by atomic mass is 79.9. The number of amides is 1. The Hall–Kier alpha value is -0.890. The summed E-state index contributed by atoms with van der Waals surface area (Å²) < 4.78 is 2.98. The van der Waals surface area contributed by atoms with E-state index in [1.54, 1.807) is 11.3 Å². The van der Waals surface area contributed by atoms with Gasteiger partial charge in [-0.2, -0.15) is 0 Å². The third kappa shape index (κ3) is 3.01. The van der Waals surface area contributed by atoms with Gasteiger partial charge in [0.25, 0.3) is 5.91 Å². The van der Waals surface area contributed by atoms with Crippen LogP contribution >= 0.6 is 54.5 Å². The Morgan fingerprint density at radius 2 is 2.10 bits per heavy atom. The maximum Gasteiger partial charge on any atom is 0.263 e. The first kappa shape index (κ1) is 15.0. The number of hydrogen-bond donors (Lipinski definition) is 2. The Balaban J connectivity index is 1.84. The first-order valence-electron chi connectivity index (χ1n) is 6.04. The van der Waals surface area contributed by atoms with Crippen molar-refractivity contribution in [3.63, 3.8) is 0 Å². The number of nitrogens with two attached hydrogens (primary N) is 1. The summed E-state index contributed by atoms with van der Waals surface area (Å²) in [6.07, 6.45) is 0. The maximum absolute atomic E-state index is 12.3. The Kier molecular flexibility index (Phi) is 4.35. The fourth-order valence-electron chi connectivity index (χ4n) is 1.95. The average Bonchev–Trinajstić information content (AvgIpc) is 3.01. The highest BCUT2D eigenvalue weighted by Gasteiger charge is 2.16. The van der Waals surface area contributed by atoms with Crippen molar-refractivity contribution in [1.82, 2.24) is 5.32 Å². The average molecular weight is 446 g/mol. The molecular formula is C14H10Br2N2OS2. The molecule has 0 atom stereocenters. The lowest BCUT2D eigenvalue weighted by molar-refractivity contribution is 0.0956. The van der Waals surface area contributed by atoms with Gasteiger partial charge in [-0.05, 0) is 45.6 Å². The molecule has 3 aromatic rings. The van der Waals surface area contributed by atoms with Crippen molar-refractivity contribution in [2.45, 2.75) is 6.54 Å². The number of fused-ring (bicyclic) bond motifs is 1. The van der Waals surface area contributed by atoms with Crippen molar-refractivity contribution in [1.29, 1.82) is 0 Å². The summed E-state index contributed by atoms with van der Waals surface area (Å²) >= 11 is 9.90. The zero-order valence-electron chi connectivity index (χ0n) is 10.7. The van der Waals surface area contributed by atoms with Crippen LogP contribution in [-0.4, -0.2) is 5.91 Å². The van der Waals surface area contributed by atoms with Crippen LogP contribution < -0.4 is 11.1 Å². The molecule has 0 radical (unpaired) electrons. The van der Waals surface area contributed by atoms with Crippen LogP contribution in [0.2, 0.25) is 0 Å². The van der Waals surface area contributed by atoms with E-state index in [-0.39, 0.29) is 5.91 Å². The lowest BCUT2D eigenvalue weighted by atomic mass is 10.2. The van der Waals surface area contributed by atoms with Crippen molar-refractivity contribution in [3.8, 4) is 0 Å². The summed E-state index contributed by atoms with van der Waals surface area (Å²) in [5, 5.41) is 5.82. The summed E-state index contributed by atoms with van der Waals surface area (Å²) in [5.41, 5.74) is 6.65. The minimum Gasteiger partial charge on any atom is -0.397 e. The Labute approximate surface area is 146 Å². The van der Waals surface area contributed by atoms with Gasteiger partial charge in [0, 0.05) is 23.9 Å². The van der Waals surface area contributed by atoms with Crippen LogP contribution in [-0.2, 0) is 6.54 Å². The molecule has 108 valence electrons. The van der Waals surface area contributed by atoms with Gasteiger partial charge < -0.3 is 11.1 Å². The van der Waals surface area contributed by atoms with Crippen LogP contribution in [0.4, 0.5) is 5.69 Å². The van der Waals surface area contributed by atoms with Gasteiger partial charge in [0.1, 0.15) is 4.88 Å². The Morgan fingerprint density at radius 3 is 2.81 bits per heavy atom. The number of benzene rings is 1. The Bertz CT molecular complexity index is 826. The summed E-state index contributed by atoms with van der Waals surface area (Å²) in [4.78, 5) is 14.0. The van der Waals surface area contributed by atoms with Crippen LogP contribution in [0, 0.1) is 0 Å². The molecule has 0 spiro atoms. The summed E-state index contributed by atoms with van der Waals surface area (Å²) in [5.74, 6) is -0.134. The van der Waals surface area contributed by atoms with Gasteiger partial charge in [-0.25, -0.2) is 0 Å². The molecule has 3 N–H and O–H groups in total. The molecule has 7 heteroatoms. The third-order valence-corrected chi connectivity index (χ3v) is 6.60. The van der Waals surface area contributed by atoms with Crippen molar-refractivity contribution >= 4 is 76.2 Å². The predicted molar refractivity (Wildman–Crippen MR) is 97.1 cm³/mol. The molecule has 1 amide bonds. The monoisotopic (exact) mass is 444 g/mol. The molecule has 0 aliphatic heterocycles. The van der Waals surface area contributed by atoms with Gasteiger partial charge in [-0.1, -0.05) is 15.9 Å². The van der Waals surface area contributed by atoms with Crippen LogP contribution in [0.5, 0.6) is 0 Å². The molecule has 0 unspecified atom stereocenters. The summed E-state index contributed by atoms with van der Waals surface area (Å²) in [6, 6.07) is 7.82.